The van der Waals surface area contributed by atoms with Crippen LogP contribution in [0.15, 0.2) is 24.3 Å². The number of rotatable bonds is 6. The number of hydrogen-bond acceptors (Lipinski definition) is 2. The molecule has 0 radical (unpaired) electrons. The first-order chi connectivity index (χ1) is 10.2. The van der Waals surface area contributed by atoms with Crippen LogP contribution < -0.4 is 11.1 Å². The topological polar surface area (TPSA) is 55.1 Å². The van der Waals surface area contributed by atoms with Gasteiger partial charge in [-0.05, 0) is 49.3 Å². The number of carbonyl (C=O) groups is 1. The second-order valence-electron chi connectivity index (χ2n) is 6.23. The summed E-state index contributed by atoms with van der Waals surface area (Å²) in [5.74, 6) is 0.928. The van der Waals surface area contributed by atoms with Crippen molar-refractivity contribution in [2.24, 2.45) is 11.7 Å². The molecule has 0 saturated heterocycles. The molecule has 1 aromatic rings. The first-order valence-electron chi connectivity index (χ1n) is 8.32. The lowest BCUT2D eigenvalue weighted by Crippen LogP contribution is -2.37. The number of nitrogens with two attached hydrogens (primary N) is 1. The SMILES string of the molecule is CCCCC1CCC(NC(=O)c2ccc(CN)cc2)CC1.Cl. The summed E-state index contributed by atoms with van der Waals surface area (Å²) in [5.41, 5.74) is 7.37. The highest BCUT2D eigenvalue weighted by Crippen LogP contribution is 2.28. The summed E-state index contributed by atoms with van der Waals surface area (Å²) >= 11 is 0. The minimum Gasteiger partial charge on any atom is -0.349 e. The molecule has 0 aromatic heterocycles. The minimum atomic E-state index is 0. The Labute approximate surface area is 140 Å². The van der Waals surface area contributed by atoms with Gasteiger partial charge in [0.15, 0.2) is 0 Å². The monoisotopic (exact) mass is 324 g/mol. The summed E-state index contributed by atoms with van der Waals surface area (Å²) in [5, 5.41) is 3.18. The maximum absolute atomic E-state index is 12.2. The molecule has 4 heteroatoms. The van der Waals surface area contributed by atoms with Gasteiger partial charge in [-0.3, -0.25) is 4.79 Å². The Kier molecular flexibility index (Phi) is 8.51. The van der Waals surface area contributed by atoms with E-state index in [1.54, 1.807) is 0 Å². The van der Waals surface area contributed by atoms with Gasteiger partial charge in [-0.1, -0.05) is 38.3 Å². The Bertz CT molecular complexity index is 439. The van der Waals surface area contributed by atoms with Crippen molar-refractivity contribution in [3.8, 4) is 0 Å². The van der Waals surface area contributed by atoms with Crippen molar-refractivity contribution in [1.29, 1.82) is 0 Å². The molecule has 1 aromatic carbocycles. The van der Waals surface area contributed by atoms with Crippen molar-refractivity contribution in [3.63, 3.8) is 0 Å². The molecule has 2 rings (SSSR count). The predicted octanol–water partition coefficient (Wildman–Crippen LogP) is 4.05. The summed E-state index contributed by atoms with van der Waals surface area (Å²) in [6, 6.07) is 7.94. The van der Waals surface area contributed by atoms with Gasteiger partial charge in [0.05, 0.1) is 0 Å². The van der Waals surface area contributed by atoms with Crippen LogP contribution in [0.25, 0.3) is 0 Å². The second kappa shape index (κ2) is 9.86. The Morgan fingerprint density at radius 3 is 2.36 bits per heavy atom. The van der Waals surface area contributed by atoms with Crippen molar-refractivity contribution < 1.29 is 4.79 Å². The zero-order valence-corrected chi connectivity index (χ0v) is 14.3. The van der Waals surface area contributed by atoms with Crippen LogP contribution in [0, 0.1) is 5.92 Å². The summed E-state index contributed by atoms with van der Waals surface area (Å²) < 4.78 is 0. The van der Waals surface area contributed by atoms with Gasteiger partial charge < -0.3 is 11.1 Å². The van der Waals surface area contributed by atoms with E-state index in [4.69, 9.17) is 5.73 Å². The van der Waals surface area contributed by atoms with E-state index in [-0.39, 0.29) is 18.3 Å². The van der Waals surface area contributed by atoms with Gasteiger partial charge in [-0.15, -0.1) is 12.4 Å². The van der Waals surface area contributed by atoms with E-state index in [1.807, 2.05) is 24.3 Å². The molecule has 1 amide bonds. The van der Waals surface area contributed by atoms with E-state index in [9.17, 15) is 4.79 Å². The van der Waals surface area contributed by atoms with Gasteiger partial charge in [0.25, 0.3) is 5.91 Å². The van der Waals surface area contributed by atoms with Crippen LogP contribution in [0.4, 0.5) is 0 Å². The van der Waals surface area contributed by atoms with E-state index in [0.717, 1.165) is 29.9 Å². The standard InChI is InChI=1S/C18H28N2O.ClH/c1-2-3-4-14-7-11-17(12-8-14)20-18(21)16-9-5-15(13-19)6-10-16;/h5-6,9-10,14,17H,2-4,7-8,11-13,19H2,1H3,(H,20,21);1H. The molecule has 0 bridgehead atoms. The van der Waals surface area contributed by atoms with Crippen molar-refractivity contribution in [2.45, 2.75) is 64.5 Å². The number of unbranched alkanes of at least 4 members (excludes halogenated alkanes) is 1. The second-order valence-corrected chi connectivity index (χ2v) is 6.23. The molecule has 1 saturated carbocycles. The van der Waals surface area contributed by atoms with Crippen molar-refractivity contribution in [3.05, 3.63) is 35.4 Å². The van der Waals surface area contributed by atoms with Crippen LogP contribution >= 0.6 is 12.4 Å². The molecular weight excluding hydrogens is 296 g/mol. The van der Waals surface area contributed by atoms with Crippen molar-refractivity contribution in [1.82, 2.24) is 5.32 Å². The number of benzene rings is 1. The fourth-order valence-corrected chi connectivity index (χ4v) is 3.15. The quantitative estimate of drug-likeness (QED) is 0.829. The first-order valence-corrected chi connectivity index (χ1v) is 8.32. The number of amides is 1. The van der Waals surface area contributed by atoms with E-state index in [1.165, 1.54) is 32.1 Å². The van der Waals surface area contributed by atoms with Crippen molar-refractivity contribution >= 4 is 18.3 Å². The Morgan fingerprint density at radius 1 is 1.18 bits per heavy atom. The first kappa shape index (κ1) is 19.0. The number of halogens is 1. The van der Waals surface area contributed by atoms with Crippen LogP contribution in [0.2, 0.25) is 0 Å². The Balaban J connectivity index is 0.00000242. The summed E-state index contributed by atoms with van der Waals surface area (Å²) in [6.45, 7) is 2.77. The molecule has 0 atom stereocenters. The maximum atomic E-state index is 12.2. The Hall–Kier alpha value is -1.06. The minimum absolute atomic E-state index is 0. The highest BCUT2D eigenvalue weighted by molar-refractivity contribution is 5.94. The molecule has 1 aliphatic rings. The van der Waals surface area contributed by atoms with Crippen LogP contribution in [-0.4, -0.2) is 11.9 Å². The van der Waals surface area contributed by atoms with E-state index >= 15 is 0 Å². The van der Waals surface area contributed by atoms with E-state index in [2.05, 4.69) is 12.2 Å². The summed E-state index contributed by atoms with van der Waals surface area (Å²) in [6.07, 6.45) is 8.76. The van der Waals surface area contributed by atoms with Gasteiger partial charge in [-0.2, -0.15) is 0 Å². The van der Waals surface area contributed by atoms with Gasteiger partial charge in [0.1, 0.15) is 0 Å². The molecule has 1 aliphatic carbocycles. The van der Waals surface area contributed by atoms with Crippen LogP contribution in [0.1, 0.15) is 67.8 Å². The smallest absolute Gasteiger partial charge is 0.251 e. The number of carbonyl (C=O) groups excluding carboxylic acids is 1. The van der Waals surface area contributed by atoms with E-state index in [0.29, 0.717) is 12.6 Å². The average molecular weight is 325 g/mol. The maximum Gasteiger partial charge on any atom is 0.251 e. The Morgan fingerprint density at radius 2 is 1.82 bits per heavy atom. The molecule has 124 valence electrons. The molecule has 0 unspecified atom stereocenters. The van der Waals surface area contributed by atoms with Crippen LogP contribution in [-0.2, 0) is 6.54 Å². The van der Waals surface area contributed by atoms with Gasteiger partial charge in [0.2, 0.25) is 0 Å². The summed E-state index contributed by atoms with van der Waals surface area (Å²) in [7, 11) is 0. The molecule has 3 nitrogen and oxygen atoms in total. The lowest BCUT2D eigenvalue weighted by molar-refractivity contribution is 0.0921. The zero-order chi connectivity index (χ0) is 15.1. The molecule has 0 heterocycles. The molecule has 0 aliphatic heterocycles. The summed E-state index contributed by atoms with van der Waals surface area (Å²) in [4.78, 5) is 12.2. The molecule has 22 heavy (non-hydrogen) atoms. The van der Waals surface area contributed by atoms with Crippen LogP contribution in [0.5, 0.6) is 0 Å². The molecule has 0 spiro atoms. The van der Waals surface area contributed by atoms with Crippen molar-refractivity contribution in [2.75, 3.05) is 0 Å². The van der Waals surface area contributed by atoms with E-state index < -0.39 is 0 Å². The highest BCUT2D eigenvalue weighted by Gasteiger charge is 2.22. The largest absolute Gasteiger partial charge is 0.349 e. The normalized spacial score (nSPS) is 21.0. The van der Waals surface area contributed by atoms with Gasteiger partial charge >= 0.3 is 0 Å². The number of nitrogens with one attached hydrogen (secondary N) is 1. The highest BCUT2D eigenvalue weighted by atomic mass is 35.5. The molecule has 3 N–H and O–H groups in total. The molecular formula is C18H29ClN2O. The lowest BCUT2D eigenvalue weighted by Gasteiger charge is -2.29. The van der Waals surface area contributed by atoms with Gasteiger partial charge in [-0.25, -0.2) is 0 Å². The van der Waals surface area contributed by atoms with Gasteiger partial charge in [0, 0.05) is 18.2 Å². The average Bonchev–Trinajstić information content (AvgIpc) is 2.54. The lowest BCUT2D eigenvalue weighted by atomic mass is 9.83. The third kappa shape index (κ3) is 5.62. The molecule has 1 fully saturated rings. The third-order valence-electron chi connectivity index (χ3n) is 4.60. The van der Waals surface area contributed by atoms with Crippen LogP contribution in [0.3, 0.4) is 0 Å². The predicted molar refractivity (Wildman–Crippen MR) is 94.3 cm³/mol. The fraction of sp³-hybridized carbons (Fsp3) is 0.611. The fourth-order valence-electron chi connectivity index (χ4n) is 3.15. The zero-order valence-electron chi connectivity index (χ0n) is 13.5. The third-order valence-corrected chi connectivity index (χ3v) is 4.60. The number of hydrogen-bond donors (Lipinski definition) is 2.